The standard InChI is InChI=1S/C17H25NOS/c1-19-10-9-18-13-17(7-4-8-17)12-15-11-14-5-2-3-6-16(14)20-15/h2-3,5-6,15,18H,4,7-13H2,1H3. The molecule has 0 aromatic heterocycles. The lowest BCUT2D eigenvalue weighted by atomic mass is 9.65. The molecule has 1 saturated carbocycles. The van der Waals surface area contributed by atoms with Crippen molar-refractivity contribution in [3.05, 3.63) is 29.8 Å². The average molecular weight is 291 g/mol. The van der Waals surface area contributed by atoms with Crippen LogP contribution in [0.5, 0.6) is 0 Å². The van der Waals surface area contributed by atoms with Gasteiger partial charge in [0.15, 0.2) is 0 Å². The van der Waals surface area contributed by atoms with Crippen LogP contribution in [0.4, 0.5) is 0 Å². The molecular formula is C17H25NOS. The maximum absolute atomic E-state index is 5.12. The molecule has 1 aromatic rings. The van der Waals surface area contributed by atoms with E-state index in [0.717, 1.165) is 18.4 Å². The average Bonchev–Trinajstić information content (AvgIpc) is 2.82. The van der Waals surface area contributed by atoms with E-state index in [1.54, 1.807) is 12.7 Å². The summed E-state index contributed by atoms with van der Waals surface area (Å²) in [5.74, 6) is 0. The van der Waals surface area contributed by atoms with Crippen LogP contribution in [0.25, 0.3) is 0 Å². The Morgan fingerprint density at radius 2 is 2.20 bits per heavy atom. The molecule has 1 atom stereocenters. The summed E-state index contributed by atoms with van der Waals surface area (Å²) in [6.45, 7) is 2.97. The Morgan fingerprint density at radius 1 is 1.35 bits per heavy atom. The summed E-state index contributed by atoms with van der Waals surface area (Å²) in [7, 11) is 1.77. The minimum Gasteiger partial charge on any atom is -0.383 e. The highest BCUT2D eigenvalue weighted by molar-refractivity contribution is 8.00. The van der Waals surface area contributed by atoms with Crippen molar-refractivity contribution in [3.63, 3.8) is 0 Å². The van der Waals surface area contributed by atoms with Crippen LogP contribution in [-0.4, -0.2) is 32.1 Å². The molecule has 2 nitrogen and oxygen atoms in total. The van der Waals surface area contributed by atoms with Gasteiger partial charge < -0.3 is 10.1 Å². The molecule has 3 rings (SSSR count). The monoisotopic (exact) mass is 291 g/mol. The molecule has 1 aliphatic carbocycles. The molecule has 1 fully saturated rings. The minimum atomic E-state index is 0.563. The van der Waals surface area contributed by atoms with Crippen molar-refractivity contribution >= 4 is 11.8 Å². The third-order valence-corrected chi connectivity index (χ3v) is 6.09. The Kier molecular flexibility index (Phi) is 4.69. The van der Waals surface area contributed by atoms with Crippen LogP contribution in [0.15, 0.2) is 29.2 Å². The zero-order chi connectivity index (χ0) is 13.8. The van der Waals surface area contributed by atoms with E-state index < -0.39 is 0 Å². The number of ether oxygens (including phenoxy) is 1. The number of fused-ring (bicyclic) bond motifs is 1. The molecule has 1 N–H and O–H groups in total. The second-order valence-corrected chi connectivity index (χ2v) is 7.62. The van der Waals surface area contributed by atoms with Crippen LogP contribution in [0, 0.1) is 5.41 Å². The smallest absolute Gasteiger partial charge is 0.0587 e. The topological polar surface area (TPSA) is 21.3 Å². The summed E-state index contributed by atoms with van der Waals surface area (Å²) in [5, 5.41) is 4.38. The molecule has 1 aromatic carbocycles. The van der Waals surface area contributed by atoms with Crippen LogP contribution in [0.1, 0.15) is 31.2 Å². The SMILES string of the molecule is COCCNCC1(CC2Cc3ccccc3S2)CCC1. The Balaban J connectivity index is 1.52. The minimum absolute atomic E-state index is 0.563. The van der Waals surface area contributed by atoms with Crippen LogP contribution >= 0.6 is 11.8 Å². The zero-order valence-electron chi connectivity index (χ0n) is 12.4. The third kappa shape index (κ3) is 3.21. The van der Waals surface area contributed by atoms with Gasteiger partial charge in [-0.25, -0.2) is 0 Å². The van der Waals surface area contributed by atoms with Gasteiger partial charge in [-0.05, 0) is 42.7 Å². The van der Waals surface area contributed by atoms with Gasteiger partial charge in [0.25, 0.3) is 0 Å². The summed E-state index contributed by atoms with van der Waals surface area (Å²) in [6.07, 6.45) is 6.85. The summed E-state index contributed by atoms with van der Waals surface area (Å²) < 4.78 is 5.12. The second-order valence-electron chi connectivity index (χ2n) is 6.28. The van der Waals surface area contributed by atoms with Gasteiger partial charge in [0.2, 0.25) is 0 Å². The van der Waals surface area contributed by atoms with E-state index in [1.807, 2.05) is 0 Å². The van der Waals surface area contributed by atoms with E-state index in [-0.39, 0.29) is 0 Å². The molecule has 110 valence electrons. The molecule has 20 heavy (non-hydrogen) atoms. The van der Waals surface area contributed by atoms with Crippen molar-refractivity contribution in [2.24, 2.45) is 5.41 Å². The normalized spacial score (nSPS) is 23.4. The van der Waals surface area contributed by atoms with Crippen LogP contribution in [0.3, 0.4) is 0 Å². The summed E-state index contributed by atoms with van der Waals surface area (Å²) in [6, 6.07) is 8.92. The van der Waals surface area contributed by atoms with E-state index >= 15 is 0 Å². The quantitative estimate of drug-likeness (QED) is 0.777. The molecule has 0 saturated heterocycles. The number of benzene rings is 1. The Labute approximate surface area is 126 Å². The fourth-order valence-corrected chi connectivity index (χ4v) is 5.03. The number of methoxy groups -OCH3 is 1. The highest BCUT2D eigenvalue weighted by atomic mass is 32.2. The van der Waals surface area contributed by atoms with Crippen molar-refractivity contribution in [2.45, 2.75) is 42.2 Å². The largest absolute Gasteiger partial charge is 0.383 e. The first-order chi connectivity index (χ1) is 9.81. The van der Waals surface area contributed by atoms with Gasteiger partial charge in [0.05, 0.1) is 6.61 Å². The van der Waals surface area contributed by atoms with Gasteiger partial charge in [0.1, 0.15) is 0 Å². The molecule has 2 aliphatic rings. The molecule has 0 bridgehead atoms. The number of hydrogen-bond donors (Lipinski definition) is 1. The lowest BCUT2D eigenvalue weighted by Crippen LogP contribution is -2.42. The molecular weight excluding hydrogens is 266 g/mol. The van der Waals surface area contributed by atoms with Crippen molar-refractivity contribution in [2.75, 3.05) is 26.8 Å². The highest BCUT2D eigenvalue weighted by Crippen LogP contribution is 2.49. The lowest BCUT2D eigenvalue weighted by Gasteiger charge is -2.44. The van der Waals surface area contributed by atoms with Gasteiger partial charge >= 0.3 is 0 Å². The molecule has 0 spiro atoms. The number of thioether (sulfide) groups is 1. The van der Waals surface area contributed by atoms with Gasteiger partial charge in [-0.2, -0.15) is 0 Å². The predicted octanol–water partition coefficient (Wildman–Crippen LogP) is 3.50. The highest BCUT2D eigenvalue weighted by Gasteiger charge is 2.39. The molecule has 1 aliphatic heterocycles. The van der Waals surface area contributed by atoms with Crippen molar-refractivity contribution in [3.8, 4) is 0 Å². The first kappa shape index (κ1) is 14.4. The van der Waals surface area contributed by atoms with E-state index in [9.17, 15) is 0 Å². The van der Waals surface area contributed by atoms with Crippen LogP contribution in [0.2, 0.25) is 0 Å². The Hall–Kier alpha value is -0.510. The van der Waals surface area contributed by atoms with Gasteiger partial charge in [-0.1, -0.05) is 24.6 Å². The Morgan fingerprint density at radius 3 is 2.90 bits per heavy atom. The summed E-state index contributed by atoms with van der Waals surface area (Å²) >= 11 is 2.10. The maximum atomic E-state index is 5.12. The van der Waals surface area contributed by atoms with Crippen LogP contribution in [-0.2, 0) is 11.2 Å². The summed E-state index contributed by atoms with van der Waals surface area (Å²) in [4.78, 5) is 1.51. The van der Waals surface area contributed by atoms with E-state index in [4.69, 9.17) is 4.74 Å². The van der Waals surface area contributed by atoms with E-state index in [2.05, 4.69) is 41.3 Å². The third-order valence-electron chi connectivity index (χ3n) is 4.77. The van der Waals surface area contributed by atoms with Crippen LogP contribution < -0.4 is 5.32 Å². The van der Waals surface area contributed by atoms with Crippen molar-refractivity contribution in [1.82, 2.24) is 5.32 Å². The first-order valence-electron chi connectivity index (χ1n) is 7.76. The van der Waals surface area contributed by atoms with Gasteiger partial charge in [0, 0.05) is 30.3 Å². The predicted molar refractivity (Wildman–Crippen MR) is 85.4 cm³/mol. The number of hydrogen-bond acceptors (Lipinski definition) is 3. The Bertz CT molecular complexity index is 419. The fourth-order valence-electron chi connectivity index (χ4n) is 3.51. The summed E-state index contributed by atoms with van der Waals surface area (Å²) in [5.41, 5.74) is 2.12. The molecule has 1 heterocycles. The molecule has 0 radical (unpaired) electrons. The molecule has 0 amide bonds. The number of nitrogens with one attached hydrogen (secondary N) is 1. The zero-order valence-corrected chi connectivity index (χ0v) is 13.2. The molecule has 3 heteroatoms. The first-order valence-corrected chi connectivity index (χ1v) is 8.64. The molecule has 1 unspecified atom stereocenters. The fraction of sp³-hybridized carbons (Fsp3) is 0.647. The lowest BCUT2D eigenvalue weighted by molar-refractivity contribution is 0.111. The maximum Gasteiger partial charge on any atom is 0.0587 e. The number of rotatable bonds is 7. The van der Waals surface area contributed by atoms with Crippen molar-refractivity contribution < 1.29 is 4.74 Å². The van der Waals surface area contributed by atoms with Gasteiger partial charge in [-0.15, -0.1) is 11.8 Å². The second kappa shape index (κ2) is 6.50. The van der Waals surface area contributed by atoms with Gasteiger partial charge in [-0.3, -0.25) is 0 Å². The van der Waals surface area contributed by atoms with E-state index in [1.165, 1.54) is 43.5 Å². The van der Waals surface area contributed by atoms with E-state index in [0.29, 0.717) is 5.41 Å². The van der Waals surface area contributed by atoms with Crippen molar-refractivity contribution in [1.29, 1.82) is 0 Å².